The van der Waals surface area contributed by atoms with Crippen molar-refractivity contribution < 1.29 is 13.2 Å². The number of piperidine rings is 1. The lowest BCUT2D eigenvalue weighted by atomic mass is 10.2. The highest BCUT2D eigenvalue weighted by Gasteiger charge is 2.28. The van der Waals surface area contributed by atoms with Gasteiger partial charge in [0.25, 0.3) is 0 Å². The lowest BCUT2D eigenvalue weighted by Gasteiger charge is -2.26. The summed E-state index contributed by atoms with van der Waals surface area (Å²) in [5.74, 6) is -0.203. The molecule has 0 unspecified atom stereocenters. The van der Waals surface area contributed by atoms with E-state index in [4.69, 9.17) is 0 Å². The van der Waals surface area contributed by atoms with Gasteiger partial charge in [-0.15, -0.1) is 0 Å². The number of carbonyl (C=O) groups is 1. The third-order valence-corrected chi connectivity index (χ3v) is 5.58. The van der Waals surface area contributed by atoms with Gasteiger partial charge in [0.05, 0.1) is 5.56 Å². The van der Waals surface area contributed by atoms with Crippen LogP contribution in [0.15, 0.2) is 23.1 Å². The van der Waals surface area contributed by atoms with E-state index in [1.807, 2.05) is 6.07 Å². The Morgan fingerprint density at radius 2 is 2.00 bits per heavy atom. The van der Waals surface area contributed by atoms with Gasteiger partial charge in [-0.25, -0.2) is 8.42 Å². The highest BCUT2D eigenvalue weighted by Crippen LogP contribution is 2.26. The zero-order valence-corrected chi connectivity index (χ0v) is 13.3. The van der Waals surface area contributed by atoms with Crippen LogP contribution in [0.3, 0.4) is 0 Å². The second kappa shape index (κ2) is 6.90. The van der Waals surface area contributed by atoms with E-state index in [1.165, 1.54) is 16.4 Å². The summed E-state index contributed by atoms with van der Waals surface area (Å²) in [5, 5.41) is 11.8. The van der Waals surface area contributed by atoms with E-state index in [1.54, 1.807) is 13.0 Å². The monoisotopic (exact) mass is 321 g/mol. The molecule has 2 rings (SSSR count). The normalized spacial score (nSPS) is 16.0. The van der Waals surface area contributed by atoms with E-state index in [0.717, 1.165) is 19.3 Å². The molecular weight excluding hydrogens is 302 g/mol. The van der Waals surface area contributed by atoms with Gasteiger partial charge in [0.1, 0.15) is 11.0 Å². The van der Waals surface area contributed by atoms with Crippen molar-refractivity contribution in [2.75, 3.05) is 18.4 Å². The topological polar surface area (TPSA) is 90.3 Å². The molecule has 1 aliphatic rings. The molecule has 1 aliphatic heterocycles. The van der Waals surface area contributed by atoms with Crippen molar-refractivity contribution in [3.63, 3.8) is 0 Å². The minimum Gasteiger partial charge on any atom is -0.326 e. The first-order chi connectivity index (χ1) is 10.5. The van der Waals surface area contributed by atoms with Gasteiger partial charge in [-0.2, -0.15) is 9.57 Å². The molecule has 1 aromatic carbocycles. The van der Waals surface area contributed by atoms with Gasteiger partial charge in [0.2, 0.25) is 15.9 Å². The Balaban J connectivity index is 2.41. The molecular formula is C15H19N3O3S. The zero-order valence-electron chi connectivity index (χ0n) is 12.5. The Kier molecular flexibility index (Phi) is 5.16. The number of rotatable bonds is 4. The van der Waals surface area contributed by atoms with Crippen LogP contribution in [0.25, 0.3) is 0 Å². The van der Waals surface area contributed by atoms with E-state index in [-0.39, 0.29) is 16.4 Å². The zero-order chi connectivity index (χ0) is 16.2. The Bertz CT molecular complexity index is 701. The minimum atomic E-state index is -3.71. The fourth-order valence-electron chi connectivity index (χ4n) is 2.40. The predicted octanol–water partition coefficient (Wildman–Crippen LogP) is 2.08. The summed E-state index contributed by atoms with van der Waals surface area (Å²) < 4.78 is 26.9. The van der Waals surface area contributed by atoms with Gasteiger partial charge in [-0.1, -0.05) is 13.3 Å². The maximum absolute atomic E-state index is 12.7. The molecule has 1 aromatic rings. The van der Waals surface area contributed by atoms with Crippen LogP contribution in [0, 0.1) is 11.3 Å². The number of carbonyl (C=O) groups excluding carboxylic acids is 1. The predicted molar refractivity (Wildman–Crippen MR) is 82.7 cm³/mol. The summed E-state index contributed by atoms with van der Waals surface area (Å²) >= 11 is 0. The molecule has 0 aromatic heterocycles. The van der Waals surface area contributed by atoms with Crippen LogP contribution >= 0.6 is 0 Å². The van der Waals surface area contributed by atoms with Gasteiger partial charge in [-0.3, -0.25) is 4.79 Å². The molecule has 7 heteroatoms. The third-order valence-electron chi connectivity index (χ3n) is 3.64. The average molecular weight is 321 g/mol. The second-order valence-electron chi connectivity index (χ2n) is 5.19. The summed E-state index contributed by atoms with van der Waals surface area (Å²) in [7, 11) is -3.71. The summed E-state index contributed by atoms with van der Waals surface area (Å²) in [6.45, 7) is 2.65. The van der Waals surface area contributed by atoms with Crippen LogP contribution < -0.4 is 5.32 Å². The quantitative estimate of drug-likeness (QED) is 0.919. The molecule has 1 saturated heterocycles. The van der Waals surface area contributed by atoms with Gasteiger partial charge in [0, 0.05) is 25.2 Å². The summed E-state index contributed by atoms with van der Waals surface area (Å²) in [6.07, 6.45) is 2.97. The lowest BCUT2D eigenvalue weighted by Crippen LogP contribution is -2.36. The van der Waals surface area contributed by atoms with E-state index in [2.05, 4.69) is 5.32 Å². The molecule has 6 nitrogen and oxygen atoms in total. The summed E-state index contributed by atoms with van der Waals surface area (Å²) in [6, 6.07) is 6.26. The molecule has 1 fully saturated rings. The fraction of sp³-hybridized carbons (Fsp3) is 0.467. The van der Waals surface area contributed by atoms with Crippen LogP contribution in [-0.2, 0) is 14.8 Å². The summed E-state index contributed by atoms with van der Waals surface area (Å²) in [5.41, 5.74) is 0.488. The molecule has 0 radical (unpaired) electrons. The SMILES string of the molecule is CCC(=O)Nc1ccc(C#N)c(S(=O)(=O)N2CCCCC2)c1. The van der Waals surface area contributed by atoms with Gasteiger partial charge in [0.15, 0.2) is 0 Å². The first-order valence-corrected chi connectivity index (χ1v) is 8.77. The van der Waals surface area contributed by atoms with Crippen molar-refractivity contribution in [2.24, 2.45) is 0 Å². The Morgan fingerprint density at radius 1 is 1.32 bits per heavy atom. The number of anilines is 1. The fourth-order valence-corrected chi connectivity index (χ4v) is 4.08. The molecule has 1 amide bonds. The maximum atomic E-state index is 12.7. The maximum Gasteiger partial charge on any atom is 0.244 e. The standard InChI is InChI=1S/C15H19N3O3S/c1-2-15(19)17-13-7-6-12(11-16)14(10-13)22(20,21)18-8-4-3-5-9-18/h6-7,10H,2-5,8-9H2,1H3,(H,17,19). The molecule has 0 aliphatic carbocycles. The largest absolute Gasteiger partial charge is 0.326 e. The van der Waals surface area contributed by atoms with Crippen LogP contribution in [0.1, 0.15) is 38.2 Å². The van der Waals surface area contributed by atoms with Crippen molar-refractivity contribution in [3.8, 4) is 6.07 Å². The smallest absolute Gasteiger partial charge is 0.244 e. The first kappa shape index (κ1) is 16.5. The molecule has 0 spiro atoms. The number of benzene rings is 1. The van der Waals surface area contributed by atoms with Gasteiger partial charge < -0.3 is 5.32 Å². The van der Waals surface area contributed by atoms with Crippen LogP contribution in [0.2, 0.25) is 0 Å². The van der Waals surface area contributed by atoms with Crippen molar-refractivity contribution >= 4 is 21.6 Å². The average Bonchev–Trinajstić information content (AvgIpc) is 2.55. The minimum absolute atomic E-state index is 0.0363. The third kappa shape index (κ3) is 3.46. The molecule has 0 atom stereocenters. The van der Waals surface area contributed by atoms with E-state index in [9.17, 15) is 18.5 Å². The Labute approximate surface area is 130 Å². The van der Waals surface area contributed by atoms with Crippen molar-refractivity contribution in [1.82, 2.24) is 4.31 Å². The van der Waals surface area contributed by atoms with Gasteiger partial charge in [-0.05, 0) is 31.0 Å². The molecule has 0 saturated carbocycles. The lowest BCUT2D eigenvalue weighted by molar-refractivity contribution is -0.115. The number of nitriles is 1. The number of hydrogen-bond acceptors (Lipinski definition) is 4. The number of nitrogens with one attached hydrogen (secondary N) is 1. The highest BCUT2D eigenvalue weighted by atomic mass is 32.2. The number of sulfonamides is 1. The van der Waals surface area contributed by atoms with E-state index in [0.29, 0.717) is 25.2 Å². The van der Waals surface area contributed by atoms with Crippen LogP contribution in [-0.4, -0.2) is 31.7 Å². The molecule has 0 bridgehead atoms. The van der Waals surface area contributed by atoms with Crippen LogP contribution in [0.5, 0.6) is 0 Å². The van der Waals surface area contributed by atoms with Crippen LogP contribution in [0.4, 0.5) is 5.69 Å². The highest BCUT2D eigenvalue weighted by molar-refractivity contribution is 7.89. The molecule has 1 heterocycles. The van der Waals surface area contributed by atoms with E-state index >= 15 is 0 Å². The second-order valence-corrected chi connectivity index (χ2v) is 7.10. The Hall–Kier alpha value is -1.91. The van der Waals surface area contributed by atoms with E-state index < -0.39 is 10.0 Å². The van der Waals surface area contributed by atoms with Crippen molar-refractivity contribution in [1.29, 1.82) is 5.26 Å². The first-order valence-electron chi connectivity index (χ1n) is 7.33. The molecule has 22 heavy (non-hydrogen) atoms. The van der Waals surface area contributed by atoms with Crippen molar-refractivity contribution in [3.05, 3.63) is 23.8 Å². The number of nitrogens with zero attached hydrogens (tertiary/aromatic N) is 2. The number of amides is 1. The van der Waals surface area contributed by atoms with Crippen molar-refractivity contribution in [2.45, 2.75) is 37.5 Å². The van der Waals surface area contributed by atoms with Gasteiger partial charge >= 0.3 is 0 Å². The number of hydrogen-bond donors (Lipinski definition) is 1. The molecule has 1 N–H and O–H groups in total. The summed E-state index contributed by atoms with van der Waals surface area (Å²) in [4.78, 5) is 11.4. The molecule has 118 valence electrons. The Morgan fingerprint density at radius 3 is 2.59 bits per heavy atom.